The molecule has 0 saturated carbocycles. The largest absolute Gasteiger partial charge is 0.478 e. The molecule has 28 heavy (non-hydrogen) atoms. The minimum Gasteiger partial charge on any atom is -0.478 e. The predicted octanol–water partition coefficient (Wildman–Crippen LogP) is 2.07. The van der Waals surface area contributed by atoms with E-state index in [2.05, 4.69) is 5.32 Å². The van der Waals surface area contributed by atoms with Crippen LogP contribution in [0, 0.1) is 17.2 Å². The molecule has 3 unspecified atom stereocenters. The fraction of sp³-hybridized carbons (Fsp3) is 0.350. The maximum atomic E-state index is 10.5. The Kier molecular flexibility index (Phi) is 9.43. The van der Waals surface area contributed by atoms with E-state index >= 15 is 0 Å². The molecule has 2 rings (SSSR count). The van der Waals surface area contributed by atoms with Crippen molar-refractivity contribution in [2.24, 2.45) is 5.92 Å². The first-order valence-corrected chi connectivity index (χ1v) is 8.64. The van der Waals surface area contributed by atoms with Crippen LogP contribution >= 0.6 is 0 Å². The highest BCUT2D eigenvalue weighted by molar-refractivity contribution is 5.89. The summed E-state index contributed by atoms with van der Waals surface area (Å²) in [4.78, 5) is 19.1. The van der Waals surface area contributed by atoms with Gasteiger partial charge in [-0.25, -0.2) is 9.59 Å². The highest BCUT2D eigenvalue weighted by atomic mass is 16.4. The van der Waals surface area contributed by atoms with Gasteiger partial charge in [-0.2, -0.15) is 5.26 Å². The molecule has 0 fully saturated rings. The topological polar surface area (TPSA) is 144 Å². The Morgan fingerprint density at radius 3 is 2.54 bits per heavy atom. The molecule has 0 aromatic carbocycles. The Labute approximate surface area is 163 Å². The van der Waals surface area contributed by atoms with Crippen molar-refractivity contribution in [2.75, 3.05) is 13.6 Å². The van der Waals surface area contributed by atoms with Crippen LogP contribution in [0.3, 0.4) is 0 Å². The molecule has 1 aromatic heterocycles. The molecule has 0 amide bonds. The number of hydrogen-bond donors (Lipinski definition) is 4. The summed E-state index contributed by atoms with van der Waals surface area (Å²) in [6.07, 6.45) is 13.4. The van der Waals surface area contributed by atoms with E-state index in [4.69, 9.17) is 14.6 Å². The lowest BCUT2D eigenvalue weighted by molar-refractivity contribution is -0.134. The van der Waals surface area contributed by atoms with Gasteiger partial charge in [0.25, 0.3) is 0 Å². The van der Waals surface area contributed by atoms with E-state index < -0.39 is 17.5 Å². The second-order valence-electron chi connectivity index (χ2n) is 6.13. The Morgan fingerprint density at radius 2 is 2.04 bits per heavy atom. The molecule has 1 aliphatic carbocycles. The minimum absolute atomic E-state index is 0.0629. The van der Waals surface area contributed by atoms with E-state index in [9.17, 15) is 20.0 Å². The number of aliphatic hydroxyl groups is 1. The molecule has 1 aliphatic rings. The van der Waals surface area contributed by atoms with Gasteiger partial charge in [-0.05, 0) is 50.1 Å². The number of carboxylic acid groups (broad SMARTS) is 2. The number of furan rings is 1. The van der Waals surface area contributed by atoms with Gasteiger partial charge < -0.3 is 25.1 Å². The summed E-state index contributed by atoms with van der Waals surface area (Å²) in [5, 5.41) is 38.6. The summed E-state index contributed by atoms with van der Waals surface area (Å²) in [5.74, 6) is -2.71. The molecule has 8 nitrogen and oxygen atoms in total. The third kappa shape index (κ3) is 7.23. The van der Waals surface area contributed by atoms with E-state index in [-0.39, 0.29) is 11.8 Å². The number of nitrogens with one attached hydrogen (secondary N) is 1. The van der Waals surface area contributed by atoms with E-state index in [1.807, 2.05) is 31.3 Å². The van der Waals surface area contributed by atoms with Crippen LogP contribution in [0.25, 0.3) is 0 Å². The van der Waals surface area contributed by atoms with Crippen LogP contribution in [0.4, 0.5) is 0 Å². The molecule has 3 atom stereocenters. The zero-order valence-corrected chi connectivity index (χ0v) is 15.5. The van der Waals surface area contributed by atoms with Crippen molar-refractivity contribution < 1.29 is 29.3 Å². The smallest absolute Gasteiger partial charge is 0.328 e. The second-order valence-corrected chi connectivity index (χ2v) is 6.13. The highest BCUT2D eigenvalue weighted by Crippen LogP contribution is 2.39. The van der Waals surface area contributed by atoms with E-state index in [1.54, 1.807) is 24.7 Å². The quantitative estimate of drug-likeness (QED) is 0.301. The molecule has 1 heterocycles. The van der Waals surface area contributed by atoms with Crippen molar-refractivity contribution in [2.45, 2.75) is 24.4 Å². The average Bonchev–Trinajstić information content (AvgIpc) is 3.19. The number of hydrogen-bond acceptors (Lipinski definition) is 6. The summed E-state index contributed by atoms with van der Waals surface area (Å²) in [6, 6.07) is 3.95. The fourth-order valence-electron chi connectivity index (χ4n) is 2.88. The maximum absolute atomic E-state index is 10.5. The van der Waals surface area contributed by atoms with Crippen molar-refractivity contribution in [3.05, 3.63) is 60.6 Å². The van der Waals surface area contributed by atoms with E-state index in [0.29, 0.717) is 12.2 Å². The summed E-state index contributed by atoms with van der Waals surface area (Å²) in [5.41, 5.74) is -0.421. The number of nitrogens with zero attached hydrogens (tertiary/aromatic N) is 1. The standard InChI is InChI=1S/C16H20N2O2.C4H4O4/c1-18-9-4-5-14(13-7-10-20-11-13)15-6-2-3-8-16(15,19)12-17;5-3(6)1-2-4(7)8/h2-3,6-8,10-11,14-15,18-19H,4-5,9H2,1H3;1-2H,(H,5,6)(H,7,8)/b;2-1+. The molecular weight excluding hydrogens is 364 g/mol. The fourth-order valence-corrected chi connectivity index (χ4v) is 2.88. The number of nitriles is 1. The Balaban J connectivity index is 0.000000416. The molecule has 4 N–H and O–H groups in total. The SMILES string of the molecule is CNCCCC(c1ccoc1)C1C=CC=CC1(O)C#N.O=C(O)/C=C/C(=O)O. The first kappa shape index (κ1) is 22.9. The predicted molar refractivity (Wildman–Crippen MR) is 101 cm³/mol. The van der Waals surface area contributed by atoms with Gasteiger partial charge in [0.05, 0.1) is 12.5 Å². The van der Waals surface area contributed by atoms with Gasteiger partial charge in [-0.3, -0.25) is 0 Å². The van der Waals surface area contributed by atoms with Crippen molar-refractivity contribution in [1.29, 1.82) is 5.26 Å². The minimum atomic E-state index is -1.45. The first-order valence-electron chi connectivity index (χ1n) is 8.64. The van der Waals surface area contributed by atoms with Gasteiger partial charge in [-0.15, -0.1) is 0 Å². The molecule has 0 spiro atoms. The first-order chi connectivity index (χ1) is 13.3. The third-order valence-electron chi connectivity index (χ3n) is 4.18. The van der Waals surface area contributed by atoms with Gasteiger partial charge in [0.15, 0.2) is 5.60 Å². The molecule has 1 aromatic rings. The normalized spacial score (nSPS) is 21.5. The van der Waals surface area contributed by atoms with Crippen LogP contribution in [0.15, 0.2) is 59.5 Å². The van der Waals surface area contributed by atoms with Gasteiger partial charge in [0.1, 0.15) is 6.07 Å². The third-order valence-corrected chi connectivity index (χ3v) is 4.18. The number of rotatable bonds is 8. The van der Waals surface area contributed by atoms with Crippen LogP contribution in [-0.4, -0.2) is 46.5 Å². The molecule has 0 radical (unpaired) electrons. The number of allylic oxidation sites excluding steroid dienone is 2. The molecule has 150 valence electrons. The van der Waals surface area contributed by atoms with Gasteiger partial charge >= 0.3 is 11.9 Å². The summed E-state index contributed by atoms with van der Waals surface area (Å²) >= 11 is 0. The Bertz CT molecular complexity index is 744. The molecule has 8 heteroatoms. The monoisotopic (exact) mass is 388 g/mol. The van der Waals surface area contributed by atoms with Crippen molar-refractivity contribution in [3.8, 4) is 6.07 Å². The summed E-state index contributed by atoms with van der Waals surface area (Å²) in [7, 11) is 1.92. The highest BCUT2D eigenvalue weighted by Gasteiger charge is 2.40. The average molecular weight is 388 g/mol. The number of carboxylic acids is 2. The van der Waals surface area contributed by atoms with Crippen LogP contribution in [0.5, 0.6) is 0 Å². The van der Waals surface area contributed by atoms with Gasteiger partial charge in [-0.1, -0.05) is 18.2 Å². The number of carbonyl (C=O) groups is 2. The maximum Gasteiger partial charge on any atom is 0.328 e. The Hall–Kier alpha value is -3.15. The van der Waals surface area contributed by atoms with Crippen LogP contribution < -0.4 is 5.32 Å². The van der Waals surface area contributed by atoms with Crippen molar-refractivity contribution in [3.63, 3.8) is 0 Å². The lowest BCUT2D eigenvalue weighted by Crippen LogP contribution is -2.38. The molecule has 0 bridgehead atoms. The summed E-state index contributed by atoms with van der Waals surface area (Å²) in [6.45, 7) is 0.908. The van der Waals surface area contributed by atoms with Crippen molar-refractivity contribution in [1.82, 2.24) is 5.32 Å². The van der Waals surface area contributed by atoms with E-state index in [0.717, 1.165) is 24.9 Å². The van der Waals surface area contributed by atoms with Crippen LogP contribution in [-0.2, 0) is 9.59 Å². The van der Waals surface area contributed by atoms with Crippen LogP contribution in [0.2, 0.25) is 0 Å². The molecule has 0 saturated heterocycles. The summed E-state index contributed by atoms with van der Waals surface area (Å²) < 4.78 is 5.17. The Morgan fingerprint density at radius 1 is 1.36 bits per heavy atom. The lowest BCUT2D eigenvalue weighted by Gasteiger charge is -2.33. The zero-order valence-electron chi connectivity index (χ0n) is 15.5. The molecule has 0 aliphatic heterocycles. The number of aliphatic carboxylic acids is 2. The zero-order chi connectivity index (χ0) is 21.0. The molecular formula is C20H24N2O6. The van der Waals surface area contributed by atoms with Crippen LogP contribution in [0.1, 0.15) is 24.3 Å². The second kappa shape index (κ2) is 11.5. The lowest BCUT2D eigenvalue weighted by atomic mass is 9.72. The van der Waals surface area contributed by atoms with Gasteiger partial charge in [0.2, 0.25) is 0 Å². The van der Waals surface area contributed by atoms with E-state index in [1.165, 1.54) is 0 Å². The van der Waals surface area contributed by atoms with Gasteiger partial charge in [0, 0.05) is 18.1 Å². The van der Waals surface area contributed by atoms with Crippen molar-refractivity contribution >= 4 is 11.9 Å².